The maximum absolute atomic E-state index is 12.1. The van der Waals surface area contributed by atoms with Gasteiger partial charge in [-0.25, -0.2) is 9.78 Å². The molecule has 26 heavy (non-hydrogen) atoms. The van der Waals surface area contributed by atoms with E-state index >= 15 is 0 Å². The highest BCUT2D eigenvalue weighted by atomic mass is 32.1. The fourth-order valence-electron chi connectivity index (χ4n) is 2.39. The molecule has 0 aliphatic carbocycles. The van der Waals surface area contributed by atoms with E-state index in [1.54, 1.807) is 39.5 Å². The second kappa shape index (κ2) is 8.66. The first-order valence-corrected chi connectivity index (χ1v) is 8.92. The summed E-state index contributed by atoms with van der Waals surface area (Å²) in [4.78, 5) is 27.8. The number of carbonyl (C=O) groups is 2. The summed E-state index contributed by atoms with van der Waals surface area (Å²) in [5.41, 5.74) is 1.44. The van der Waals surface area contributed by atoms with Gasteiger partial charge in [-0.2, -0.15) is 0 Å². The number of nitrogens with zero attached hydrogens (tertiary/aromatic N) is 1. The minimum absolute atomic E-state index is 0.0281. The number of amides is 1. The molecule has 0 aliphatic rings. The summed E-state index contributed by atoms with van der Waals surface area (Å²) in [6, 6.07) is 4.57. The summed E-state index contributed by atoms with van der Waals surface area (Å²) in [5.74, 6) is -0.386. The standard InChI is InChI=1S/C18H22N2O5S/c1-10(2)16(18(22)23)20-15(21)8-12-9-26-17(19-12)11-5-6-13(24-3)14(7-11)25-4/h5-7,9-10,16H,8H2,1-4H3,(H,20,21)(H,22,23)/t16-/m0/s1. The van der Waals surface area contributed by atoms with E-state index < -0.39 is 12.0 Å². The lowest BCUT2D eigenvalue weighted by Crippen LogP contribution is -2.44. The molecule has 0 radical (unpaired) electrons. The number of rotatable bonds is 8. The van der Waals surface area contributed by atoms with Crippen LogP contribution in [-0.2, 0) is 16.0 Å². The molecule has 1 aromatic carbocycles. The molecule has 1 amide bonds. The van der Waals surface area contributed by atoms with Crippen LogP contribution in [0.15, 0.2) is 23.6 Å². The minimum atomic E-state index is -1.04. The summed E-state index contributed by atoms with van der Waals surface area (Å²) in [5, 5.41) is 14.2. The topological polar surface area (TPSA) is 97.8 Å². The molecule has 7 nitrogen and oxygen atoms in total. The van der Waals surface area contributed by atoms with E-state index in [0.717, 1.165) is 10.6 Å². The van der Waals surface area contributed by atoms with Gasteiger partial charge in [-0.15, -0.1) is 11.3 Å². The van der Waals surface area contributed by atoms with Crippen LogP contribution in [0.2, 0.25) is 0 Å². The van der Waals surface area contributed by atoms with Crippen LogP contribution in [0.1, 0.15) is 19.5 Å². The first-order valence-electron chi connectivity index (χ1n) is 8.04. The Balaban J connectivity index is 2.10. The Morgan fingerprint density at radius 3 is 2.50 bits per heavy atom. The zero-order valence-corrected chi connectivity index (χ0v) is 15.9. The summed E-state index contributed by atoms with van der Waals surface area (Å²) in [6.07, 6.45) is 0.0281. The molecule has 0 unspecified atom stereocenters. The number of carbonyl (C=O) groups excluding carboxylic acids is 1. The van der Waals surface area contributed by atoms with Gasteiger partial charge < -0.3 is 19.9 Å². The zero-order chi connectivity index (χ0) is 19.3. The van der Waals surface area contributed by atoms with Gasteiger partial charge >= 0.3 is 5.97 Å². The molecule has 1 aromatic heterocycles. The Morgan fingerprint density at radius 2 is 1.92 bits per heavy atom. The van der Waals surface area contributed by atoms with Crippen LogP contribution in [-0.4, -0.2) is 42.2 Å². The molecular formula is C18H22N2O5S. The predicted octanol–water partition coefficient (Wildman–Crippen LogP) is 2.60. The van der Waals surface area contributed by atoms with Gasteiger partial charge in [0.25, 0.3) is 0 Å². The fraction of sp³-hybridized carbons (Fsp3) is 0.389. The number of thiazole rings is 1. The van der Waals surface area contributed by atoms with E-state index in [1.807, 2.05) is 12.1 Å². The van der Waals surface area contributed by atoms with Crippen molar-refractivity contribution < 1.29 is 24.2 Å². The molecule has 140 valence electrons. The summed E-state index contributed by atoms with van der Waals surface area (Å²) < 4.78 is 10.5. The highest BCUT2D eigenvalue weighted by Gasteiger charge is 2.23. The number of benzene rings is 1. The Kier molecular flexibility index (Phi) is 6.57. The number of ether oxygens (including phenoxy) is 2. The second-order valence-electron chi connectivity index (χ2n) is 6.02. The SMILES string of the molecule is COc1ccc(-c2nc(CC(=O)N[C@H](C(=O)O)C(C)C)cs2)cc1OC. The predicted molar refractivity (Wildman–Crippen MR) is 98.8 cm³/mol. The maximum Gasteiger partial charge on any atom is 0.326 e. The van der Waals surface area contributed by atoms with Crippen LogP contribution in [0.25, 0.3) is 10.6 Å². The lowest BCUT2D eigenvalue weighted by atomic mass is 10.0. The van der Waals surface area contributed by atoms with Gasteiger partial charge in [0, 0.05) is 10.9 Å². The van der Waals surface area contributed by atoms with E-state index in [0.29, 0.717) is 17.2 Å². The van der Waals surface area contributed by atoms with Crippen LogP contribution in [0.5, 0.6) is 11.5 Å². The average molecular weight is 378 g/mol. The molecule has 1 heterocycles. The van der Waals surface area contributed by atoms with E-state index in [1.165, 1.54) is 11.3 Å². The third kappa shape index (κ3) is 4.72. The molecule has 0 saturated heterocycles. The lowest BCUT2D eigenvalue weighted by molar-refractivity contribution is -0.143. The number of aromatic nitrogens is 1. The smallest absolute Gasteiger partial charge is 0.326 e. The van der Waals surface area contributed by atoms with Crippen LogP contribution >= 0.6 is 11.3 Å². The Labute approximate surface area is 156 Å². The lowest BCUT2D eigenvalue weighted by Gasteiger charge is -2.17. The number of methoxy groups -OCH3 is 2. The molecule has 2 N–H and O–H groups in total. The zero-order valence-electron chi connectivity index (χ0n) is 15.1. The number of nitrogens with one attached hydrogen (secondary N) is 1. The van der Waals surface area contributed by atoms with Crippen molar-refractivity contribution in [3.05, 3.63) is 29.3 Å². The Hall–Kier alpha value is -2.61. The highest BCUT2D eigenvalue weighted by Crippen LogP contribution is 2.33. The molecule has 0 saturated carbocycles. The van der Waals surface area contributed by atoms with Crippen molar-refractivity contribution in [1.82, 2.24) is 10.3 Å². The maximum atomic E-state index is 12.1. The van der Waals surface area contributed by atoms with Crippen molar-refractivity contribution in [3.8, 4) is 22.1 Å². The van der Waals surface area contributed by atoms with Crippen molar-refractivity contribution in [2.24, 2.45) is 5.92 Å². The van der Waals surface area contributed by atoms with Crippen LogP contribution in [0.3, 0.4) is 0 Å². The van der Waals surface area contributed by atoms with Gasteiger partial charge in [-0.1, -0.05) is 13.8 Å². The molecule has 2 aromatic rings. The third-order valence-electron chi connectivity index (χ3n) is 3.77. The number of aliphatic carboxylic acids is 1. The summed E-state index contributed by atoms with van der Waals surface area (Å²) in [7, 11) is 3.13. The van der Waals surface area contributed by atoms with Crippen LogP contribution < -0.4 is 14.8 Å². The molecule has 8 heteroatoms. The molecule has 0 bridgehead atoms. The summed E-state index contributed by atoms with van der Waals surface area (Å²) in [6.45, 7) is 3.49. The number of carboxylic acids is 1. The van der Waals surface area contributed by atoms with Crippen molar-refractivity contribution in [3.63, 3.8) is 0 Å². The molecular weight excluding hydrogens is 356 g/mol. The Bertz CT molecular complexity index is 788. The van der Waals surface area contributed by atoms with Crippen LogP contribution in [0, 0.1) is 5.92 Å². The van der Waals surface area contributed by atoms with Crippen molar-refractivity contribution in [2.75, 3.05) is 14.2 Å². The quantitative estimate of drug-likeness (QED) is 0.733. The molecule has 0 fully saturated rings. The molecule has 1 atom stereocenters. The van der Waals surface area contributed by atoms with E-state index in [-0.39, 0.29) is 18.2 Å². The summed E-state index contributed by atoms with van der Waals surface area (Å²) >= 11 is 1.40. The van der Waals surface area contributed by atoms with Gasteiger partial charge in [0.15, 0.2) is 11.5 Å². The van der Waals surface area contributed by atoms with E-state index in [2.05, 4.69) is 10.3 Å². The van der Waals surface area contributed by atoms with E-state index in [4.69, 9.17) is 14.6 Å². The largest absolute Gasteiger partial charge is 0.493 e. The minimum Gasteiger partial charge on any atom is -0.493 e. The normalized spacial score (nSPS) is 11.9. The van der Waals surface area contributed by atoms with Crippen molar-refractivity contribution >= 4 is 23.2 Å². The van der Waals surface area contributed by atoms with Gasteiger partial charge in [0.2, 0.25) is 5.91 Å². The van der Waals surface area contributed by atoms with Crippen molar-refractivity contribution in [2.45, 2.75) is 26.3 Å². The first kappa shape index (κ1) is 19.7. The average Bonchev–Trinajstić information content (AvgIpc) is 3.06. The number of hydrogen-bond acceptors (Lipinski definition) is 6. The highest BCUT2D eigenvalue weighted by molar-refractivity contribution is 7.13. The number of hydrogen-bond donors (Lipinski definition) is 2. The third-order valence-corrected chi connectivity index (χ3v) is 4.71. The number of carboxylic acid groups (broad SMARTS) is 1. The fourth-order valence-corrected chi connectivity index (χ4v) is 3.21. The monoisotopic (exact) mass is 378 g/mol. The Morgan fingerprint density at radius 1 is 1.23 bits per heavy atom. The van der Waals surface area contributed by atoms with E-state index in [9.17, 15) is 9.59 Å². The van der Waals surface area contributed by atoms with Gasteiger partial charge in [0.05, 0.1) is 26.3 Å². The van der Waals surface area contributed by atoms with Gasteiger partial charge in [-0.3, -0.25) is 4.79 Å². The second-order valence-corrected chi connectivity index (χ2v) is 6.88. The van der Waals surface area contributed by atoms with Gasteiger partial charge in [0.1, 0.15) is 11.0 Å². The van der Waals surface area contributed by atoms with Crippen LogP contribution in [0.4, 0.5) is 0 Å². The molecule has 2 rings (SSSR count). The van der Waals surface area contributed by atoms with Gasteiger partial charge in [-0.05, 0) is 24.1 Å². The molecule has 0 aliphatic heterocycles. The first-order chi connectivity index (χ1) is 12.3. The molecule has 0 spiro atoms. The van der Waals surface area contributed by atoms with Crippen molar-refractivity contribution in [1.29, 1.82) is 0 Å².